The molecule has 1 aromatic rings. The van der Waals surface area contributed by atoms with Crippen molar-refractivity contribution in [1.29, 1.82) is 0 Å². The van der Waals surface area contributed by atoms with Gasteiger partial charge in [-0.2, -0.15) is 0 Å². The highest BCUT2D eigenvalue weighted by molar-refractivity contribution is 5.79. The highest BCUT2D eigenvalue weighted by atomic mass is 16.2. The minimum Gasteiger partial charge on any atom is -0.342 e. The predicted octanol–water partition coefficient (Wildman–Crippen LogP) is 2.37. The second kappa shape index (κ2) is 9.56. The number of hydrogen-bond donors (Lipinski definition) is 0. The molecule has 5 heteroatoms. The smallest absolute Gasteiger partial charge is 0.236 e. The lowest BCUT2D eigenvalue weighted by Crippen LogP contribution is -2.45. The molecule has 1 aromatic carbocycles. The van der Waals surface area contributed by atoms with Gasteiger partial charge in [-0.1, -0.05) is 37.3 Å². The van der Waals surface area contributed by atoms with E-state index in [9.17, 15) is 9.59 Å². The van der Waals surface area contributed by atoms with Crippen LogP contribution in [0.25, 0.3) is 0 Å². The fourth-order valence-corrected chi connectivity index (χ4v) is 3.45. The first-order valence-electron chi connectivity index (χ1n) is 9.42. The number of benzene rings is 1. The third-order valence-corrected chi connectivity index (χ3v) is 5.01. The molecule has 0 aromatic heterocycles. The molecular weight excluding hydrogens is 314 g/mol. The molecule has 1 aliphatic rings. The first-order valence-corrected chi connectivity index (χ1v) is 9.42. The van der Waals surface area contributed by atoms with Crippen molar-refractivity contribution in [2.45, 2.75) is 46.2 Å². The standard InChI is InChI=1S/C20H31N3O2/c1-4-18-15-21(16-20(25)22(5-2)6-3)13-12-19(24)23(18)14-17-10-8-7-9-11-17/h7-11,18H,4-6,12-16H2,1-3H3/t18-/m1/s1. The summed E-state index contributed by atoms with van der Waals surface area (Å²) in [5.41, 5.74) is 1.15. The highest BCUT2D eigenvalue weighted by Crippen LogP contribution is 2.17. The summed E-state index contributed by atoms with van der Waals surface area (Å²) in [5, 5.41) is 0. The molecule has 0 aliphatic carbocycles. The van der Waals surface area contributed by atoms with Crippen LogP contribution in [0, 0.1) is 0 Å². The van der Waals surface area contributed by atoms with Gasteiger partial charge in [-0.3, -0.25) is 14.5 Å². The zero-order chi connectivity index (χ0) is 18.2. The van der Waals surface area contributed by atoms with Crippen LogP contribution in [0.1, 0.15) is 39.2 Å². The van der Waals surface area contributed by atoms with Crippen LogP contribution in [0.15, 0.2) is 30.3 Å². The third kappa shape index (κ3) is 5.30. The molecule has 0 spiro atoms. The Bertz CT molecular complexity index is 557. The van der Waals surface area contributed by atoms with Crippen molar-refractivity contribution in [3.05, 3.63) is 35.9 Å². The zero-order valence-electron chi connectivity index (χ0n) is 15.8. The van der Waals surface area contributed by atoms with Crippen molar-refractivity contribution in [1.82, 2.24) is 14.7 Å². The van der Waals surface area contributed by atoms with Gasteiger partial charge >= 0.3 is 0 Å². The molecule has 138 valence electrons. The van der Waals surface area contributed by atoms with Gasteiger partial charge < -0.3 is 9.80 Å². The lowest BCUT2D eigenvalue weighted by Gasteiger charge is -2.32. The molecule has 25 heavy (non-hydrogen) atoms. The summed E-state index contributed by atoms with van der Waals surface area (Å²) in [6.07, 6.45) is 1.38. The Balaban J connectivity index is 2.05. The van der Waals surface area contributed by atoms with Gasteiger partial charge in [0.1, 0.15) is 0 Å². The Hall–Kier alpha value is -1.88. The zero-order valence-corrected chi connectivity index (χ0v) is 15.8. The van der Waals surface area contributed by atoms with Gasteiger partial charge in [0.05, 0.1) is 6.54 Å². The minimum atomic E-state index is 0.153. The predicted molar refractivity (Wildman–Crippen MR) is 100 cm³/mol. The monoisotopic (exact) mass is 345 g/mol. The van der Waals surface area contributed by atoms with E-state index in [1.165, 1.54) is 0 Å². The molecule has 1 atom stereocenters. The van der Waals surface area contributed by atoms with Crippen molar-refractivity contribution < 1.29 is 9.59 Å². The first-order chi connectivity index (χ1) is 12.1. The lowest BCUT2D eigenvalue weighted by atomic mass is 10.1. The molecule has 1 saturated heterocycles. The van der Waals surface area contributed by atoms with E-state index in [0.29, 0.717) is 26.1 Å². The second-order valence-corrected chi connectivity index (χ2v) is 6.62. The number of carbonyl (C=O) groups is 2. The number of nitrogens with zero attached hydrogens (tertiary/aromatic N) is 3. The van der Waals surface area contributed by atoms with E-state index in [2.05, 4.69) is 24.0 Å². The number of hydrogen-bond acceptors (Lipinski definition) is 3. The molecule has 1 aliphatic heterocycles. The largest absolute Gasteiger partial charge is 0.342 e. The minimum absolute atomic E-state index is 0.153. The van der Waals surface area contributed by atoms with Crippen molar-refractivity contribution in [3.8, 4) is 0 Å². The molecule has 0 saturated carbocycles. The van der Waals surface area contributed by atoms with Gasteiger partial charge in [-0.05, 0) is 25.8 Å². The Morgan fingerprint density at radius 3 is 2.44 bits per heavy atom. The van der Waals surface area contributed by atoms with Crippen LogP contribution >= 0.6 is 0 Å². The topological polar surface area (TPSA) is 43.9 Å². The lowest BCUT2D eigenvalue weighted by molar-refractivity contribution is -0.133. The van der Waals surface area contributed by atoms with E-state index in [1.54, 1.807) is 0 Å². The summed E-state index contributed by atoms with van der Waals surface area (Å²) in [7, 11) is 0. The average Bonchev–Trinajstić information content (AvgIpc) is 2.77. The molecular formula is C20H31N3O2. The summed E-state index contributed by atoms with van der Waals surface area (Å²) >= 11 is 0. The van der Waals surface area contributed by atoms with E-state index >= 15 is 0 Å². The van der Waals surface area contributed by atoms with Gasteiger partial charge in [0, 0.05) is 45.2 Å². The molecule has 0 N–H and O–H groups in total. The molecule has 0 unspecified atom stereocenters. The summed E-state index contributed by atoms with van der Waals surface area (Å²) in [4.78, 5) is 31.1. The maximum Gasteiger partial charge on any atom is 0.236 e. The highest BCUT2D eigenvalue weighted by Gasteiger charge is 2.29. The van der Waals surface area contributed by atoms with E-state index in [-0.39, 0.29) is 17.9 Å². The Kier molecular flexibility index (Phi) is 7.44. The van der Waals surface area contributed by atoms with Crippen molar-refractivity contribution in [3.63, 3.8) is 0 Å². The maximum atomic E-state index is 12.7. The Labute approximate surface area is 151 Å². The van der Waals surface area contributed by atoms with E-state index in [0.717, 1.165) is 31.6 Å². The molecule has 1 fully saturated rings. The van der Waals surface area contributed by atoms with Gasteiger partial charge in [0.15, 0.2) is 0 Å². The Morgan fingerprint density at radius 1 is 1.16 bits per heavy atom. The van der Waals surface area contributed by atoms with Crippen molar-refractivity contribution in [2.24, 2.45) is 0 Å². The van der Waals surface area contributed by atoms with Crippen LogP contribution in [0.2, 0.25) is 0 Å². The SMILES string of the molecule is CC[C@@H]1CN(CC(=O)N(CC)CC)CCC(=O)N1Cc1ccccc1. The maximum absolute atomic E-state index is 12.7. The van der Waals surface area contributed by atoms with Crippen LogP contribution in [-0.4, -0.2) is 65.3 Å². The molecule has 0 bridgehead atoms. The second-order valence-electron chi connectivity index (χ2n) is 6.62. The molecule has 2 rings (SSSR count). The summed E-state index contributed by atoms with van der Waals surface area (Å²) in [6, 6.07) is 10.3. The van der Waals surface area contributed by atoms with Crippen molar-refractivity contribution in [2.75, 3.05) is 32.7 Å². The van der Waals surface area contributed by atoms with E-state index in [4.69, 9.17) is 0 Å². The van der Waals surface area contributed by atoms with E-state index < -0.39 is 0 Å². The number of carbonyl (C=O) groups excluding carboxylic acids is 2. The van der Waals surface area contributed by atoms with E-state index in [1.807, 2.05) is 41.8 Å². The summed E-state index contributed by atoms with van der Waals surface area (Å²) < 4.78 is 0. The molecule has 1 heterocycles. The Morgan fingerprint density at radius 2 is 1.84 bits per heavy atom. The summed E-state index contributed by atoms with van der Waals surface area (Å²) in [5.74, 6) is 0.345. The fraction of sp³-hybridized carbons (Fsp3) is 0.600. The third-order valence-electron chi connectivity index (χ3n) is 5.01. The van der Waals surface area contributed by atoms with Crippen LogP contribution in [0.4, 0.5) is 0 Å². The molecule has 0 radical (unpaired) electrons. The average molecular weight is 345 g/mol. The van der Waals surface area contributed by atoms with Gasteiger partial charge in [-0.15, -0.1) is 0 Å². The molecule has 2 amide bonds. The summed E-state index contributed by atoms with van der Waals surface area (Å²) in [6.45, 7) is 10.1. The van der Waals surface area contributed by atoms with Gasteiger partial charge in [0.2, 0.25) is 11.8 Å². The van der Waals surface area contributed by atoms with Crippen LogP contribution in [0.5, 0.6) is 0 Å². The van der Waals surface area contributed by atoms with Crippen LogP contribution in [0.3, 0.4) is 0 Å². The van der Waals surface area contributed by atoms with Crippen LogP contribution in [-0.2, 0) is 16.1 Å². The van der Waals surface area contributed by atoms with Crippen LogP contribution < -0.4 is 0 Å². The normalized spacial score (nSPS) is 18.9. The molecule has 5 nitrogen and oxygen atoms in total. The first kappa shape index (κ1) is 19.4. The quantitative estimate of drug-likeness (QED) is 0.762. The number of likely N-dealkylation sites (N-methyl/N-ethyl adjacent to an activating group) is 1. The van der Waals surface area contributed by atoms with Gasteiger partial charge in [-0.25, -0.2) is 0 Å². The fourth-order valence-electron chi connectivity index (χ4n) is 3.45. The number of amides is 2. The van der Waals surface area contributed by atoms with Gasteiger partial charge in [0.25, 0.3) is 0 Å². The number of rotatable bonds is 7. The van der Waals surface area contributed by atoms with Crippen molar-refractivity contribution >= 4 is 11.8 Å².